The summed E-state index contributed by atoms with van der Waals surface area (Å²) in [4.78, 5) is 0. The molecule has 0 amide bonds. The zero-order chi connectivity index (χ0) is 45.9. The third-order valence-corrected chi connectivity index (χ3v) is 9.04. The Hall–Kier alpha value is -5.00. The van der Waals surface area contributed by atoms with E-state index in [1.807, 2.05) is 61.6 Å². The monoisotopic (exact) mass is 937 g/mol. The van der Waals surface area contributed by atoms with Crippen LogP contribution in [0.2, 0.25) is 0 Å². The first-order chi connectivity index (χ1) is 28.7. The van der Waals surface area contributed by atoms with Gasteiger partial charge in [0.25, 0.3) is 20.2 Å². The molecule has 62 heavy (non-hydrogen) atoms. The molecule has 1 unspecified atom stereocenters. The van der Waals surface area contributed by atoms with Crippen LogP contribution >= 0.6 is 12.4 Å². The van der Waals surface area contributed by atoms with Crippen molar-refractivity contribution in [3.8, 4) is 17.2 Å². The zero-order valence-electron chi connectivity index (χ0n) is 33.8. The van der Waals surface area contributed by atoms with Crippen molar-refractivity contribution in [2.75, 3.05) is 51.5 Å². The highest BCUT2D eigenvalue weighted by molar-refractivity contribution is 7.86. The number of ether oxygens (including phenoxy) is 3. The van der Waals surface area contributed by atoms with Gasteiger partial charge in [-0.25, -0.2) is 0 Å². The first-order valence-corrected chi connectivity index (χ1v) is 21.7. The minimum absolute atomic E-state index is 0. The van der Waals surface area contributed by atoms with Gasteiger partial charge in [0, 0.05) is 17.5 Å². The molecule has 0 saturated carbocycles. The van der Waals surface area contributed by atoms with Gasteiger partial charge in [0.2, 0.25) is 0 Å². The number of amidine groups is 2. The molecule has 0 aromatic heterocycles. The Labute approximate surface area is 366 Å². The molecule has 4 rings (SSSR count). The fourth-order valence-corrected chi connectivity index (χ4v) is 5.04. The summed E-state index contributed by atoms with van der Waals surface area (Å²) < 4.78 is 109. The summed E-state index contributed by atoms with van der Waals surface area (Å²) in [6, 6.07) is 28.9. The van der Waals surface area contributed by atoms with E-state index in [0.717, 1.165) is 61.4 Å². The van der Waals surface area contributed by atoms with Gasteiger partial charge >= 0.3 is 6.18 Å². The highest BCUT2D eigenvalue weighted by Gasteiger charge is 2.30. The predicted octanol–water partition coefficient (Wildman–Crippen LogP) is 5.47. The van der Waals surface area contributed by atoms with Crippen molar-refractivity contribution in [3.63, 3.8) is 0 Å². The van der Waals surface area contributed by atoms with Crippen LogP contribution in [0.15, 0.2) is 103 Å². The number of aliphatic hydroxyl groups is 2. The summed E-state index contributed by atoms with van der Waals surface area (Å²) in [5.74, 6) is 0.960. The number of rotatable bonds is 20. The van der Waals surface area contributed by atoms with Crippen molar-refractivity contribution in [1.29, 1.82) is 10.8 Å². The molecule has 0 aliphatic carbocycles. The maximum atomic E-state index is 12.6. The number of hydrogen-bond donors (Lipinski definition) is 9. The van der Waals surface area contributed by atoms with Gasteiger partial charge in [-0.1, -0.05) is 30.3 Å². The number of hydrogen-bond acceptors (Lipinski definition) is 12. The van der Waals surface area contributed by atoms with Crippen LogP contribution in [0.25, 0.3) is 0 Å². The van der Waals surface area contributed by atoms with E-state index < -0.39 is 56.7 Å². The van der Waals surface area contributed by atoms with Crippen molar-refractivity contribution in [3.05, 3.63) is 125 Å². The fourth-order valence-electron chi connectivity index (χ4n) is 4.58. The molecular weight excluding hydrogens is 883 g/mol. The number of nitrogens with one attached hydrogen (secondary N) is 3. The molecule has 0 saturated heterocycles. The standard InChI is InChI=1S/C19H24N4O2.C17H18F3NO.2C2H6O4S.ClH/c20-18(21)14-4-8-16(9-5-14)24-12-2-1-3-13-25-17-10-6-15(7-11-17)19(22)23;1-21-12-11-16(13-5-3-2-4-6-13)22-15-9-7-14(8-10-15)17(18,19)20;2*3-1-2-7(4,5)6;/h4-11H,1-3,12-13H2,(H3,20,21)(H3,22,23);2-10,16,21H,11-12H2,1H3;2*3H,1-2H2,(H,4,5,6);1H. The molecule has 0 radical (unpaired) electrons. The Bertz CT molecular complexity index is 1970. The minimum Gasteiger partial charge on any atom is -0.494 e. The van der Waals surface area contributed by atoms with Crippen LogP contribution in [-0.4, -0.2) is 99.4 Å². The highest BCUT2D eigenvalue weighted by atomic mass is 35.5. The maximum Gasteiger partial charge on any atom is 0.416 e. The summed E-state index contributed by atoms with van der Waals surface area (Å²) in [7, 11) is -6.00. The normalized spacial score (nSPS) is 11.4. The fraction of sp³-hybridized carbons (Fsp3) is 0.350. The molecule has 0 heterocycles. The van der Waals surface area contributed by atoms with E-state index in [9.17, 15) is 30.0 Å². The van der Waals surface area contributed by atoms with Crippen molar-refractivity contribution >= 4 is 44.3 Å². The van der Waals surface area contributed by atoms with Crippen LogP contribution < -0.4 is 31.0 Å². The summed E-state index contributed by atoms with van der Waals surface area (Å²) in [6.07, 6.45) is -0.907. The minimum atomic E-state index is -4.33. The number of benzene rings is 4. The van der Waals surface area contributed by atoms with Crippen molar-refractivity contribution in [1.82, 2.24) is 5.32 Å². The average molecular weight is 938 g/mol. The van der Waals surface area contributed by atoms with Gasteiger partial charge in [-0.2, -0.15) is 30.0 Å². The van der Waals surface area contributed by atoms with Gasteiger partial charge in [0.1, 0.15) is 35.0 Å². The molecule has 11 N–H and O–H groups in total. The number of aliphatic hydroxyl groups excluding tert-OH is 2. The maximum absolute atomic E-state index is 12.6. The molecule has 1 atom stereocenters. The predicted molar refractivity (Wildman–Crippen MR) is 234 cm³/mol. The molecule has 0 fully saturated rings. The lowest BCUT2D eigenvalue weighted by Crippen LogP contribution is -2.16. The quantitative estimate of drug-likeness (QED) is 0.0230. The third-order valence-electron chi connectivity index (χ3n) is 7.64. The summed E-state index contributed by atoms with van der Waals surface area (Å²) in [5, 5.41) is 33.5. The Balaban J connectivity index is 0.000000912. The SMILES string of the molecule is CNCCC(Oc1ccc(C(F)(F)F)cc1)c1ccccc1.Cl.N=C(N)c1ccc(OCCCCCOc2ccc(C(=N)N)cc2)cc1.O=S(=O)(O)CCO.O=S(=O)(O)CCO. The van der Waals surface area contributed by atoms with E-state index in [1.54, 1.807) is 24.3 Å². The largest absolute Gasteiger partial charge is 0.494 e. The topological polar surface area (TPSA) is 289 Å². The van der Waals surface area contributed by atoms with Gasteiger partial charge in [-0.05, 0) is 111 Å². The lowest BCUT2D eigenvalue weighted by atomic mass is 10.1. The van der Waals surface area contributed by atoms with E-state index >= 15 is 0 Å². The first kappa shape index (κ1) is 57.0. The number of unbranched alkanes of at least 4 members (excludes halogenated alkanes) is 2. The number of nitrogen functional groups attached to an aromatic ring is 2. The van der Waals surface area contributed by atoms with Gasteiger partial charge in [-0.15, -0.1) is 12.4 Å². The van der Waals surface area contributed by atoms with Crippen LogP contribution in [0.3, 0.4) is 0 Å². The Morgan fingerprint density at radius 2 is 1.08 bits per heavy atom. The second-order valence-electron chi connectivity index (χ2n) is 12.6. The van der Waals surface area contributed by atoms with E-state index in [2.05, 4.69) is 5.32 Å². The molecule has 16 nitrogen and oxygen atoms in total. The average Bonchev–Trinajstić information content (AvgIpc) is 3.19. The summed E-state index contributed by atoms with van der Waals surface area (Å²) in [5.41, 5.74) is 12.5. The first-order valence-electron chi connectivity index (χ1n) is 18.5. The van der Waals surface area contributed by atoms with E-state index in [-0.39, 0.29) is 30.2 Å². The van der Waals surface area contributed by atoms with Gasteiger partial charge in [-0.3, -0.25) is 19.9 Å². The van der Waals surface area contributed by atoms with Crippen molar-refractivity contribution in [2.45, 2.75) is 38.0 Å². The second kappa shape index (κ2) is 30.1. The number of halogens is 4. The zero-order valence-corrected chi connectivity index (χ0v) is 36.3. The van der Waals surface area contributed by atoms with Crippen LogP contribution in [0.4, 0.5) is 13.2 Å². The highest BCUT2D eigenvalue weighted by Crippen LogP contribution is 2.32. The van der Waals surface area contributed by atoms with E-state index in [0.29, 0.717) is 30.1 Å². The van der Waals surface area contributed by atoms with Crippen LogP contribution in [0, 0.1) is 10.8 Å². The van der Waals surface area contributed by atoms with E-state index in [4.69, 9.17) is 55.8 Å². The van der Waals surface area contributed by atoms with Gasteiger partial charge in [0.15, 0.2) is 0 Å². The molecule has 346 valence electrons. The summed E-state index contributed by atoms with van der Waals surface area (Å²) >= 11 is 0. The van der Waals surface area contributed by atoms with Crippen LogP contribution in [0.1, 0.15) is 54.0 Å². The molecule has 0 spiro atoms. The lowest BCUT2D eigenvalue weighted by molar-refractivity contribution is -0.137. The summed E-state index contributed by atoms with van der Waals surface area (Å²) in [6.45, 7) is 0.983. The molecule has 22 heteroatoms. The Kier molecular flexibility index (Phi) is 27.7. The lowest BCUT2D eigenvalue weighted by Gasteiger charge is -2.20. The molecule has 4 aromatic carbocycles. The number of alkyl halides is 3. The smallest absolute Gasteiger partial charge is 0.416 e. The molecule has 0 aliphatic rings. The van der Waals surface area contributed by atoms with Crippen LogP contribution in [-0.2, 0) is 26.4 Å². The van der Waals surface area contributed by atoms with Crippen LogP contribution in [0.5, 0.6) is 17.2 Å². The molecule has 0 bridgehead atoms. The van der Waals surface area contributed by atoms with Gasteiger partial charge in [0.05, 0.1) is 43.5 Å². The molecule has 4 aromatic rings. The third kappa shape index (κ3) is 27.1. The molecule has 0 aliphatic heterocycles. The van der Waals surface area contributed by atoms with E-state index in [1.165, 1.54) is 12.1 Å². The second-order valence-corrected chi connectivity index (χ2v) is 15.7. The Morgan fingerprint density at radius 1 is 0.677 bits per heavy atom. The number of nitrogens with two attached hydrogens (primary N) is 2. The van der Waals surface area contributed by atoms with Crippen molar-refractivity contribution in [2.24, 2.45) is 11.5 Å². The van der Waals surface area contributed by atoms with Crippen molar-refractivity contribution < 1.29 is 63.5 Å². The Morgan fingerprint density at radius 3 is 1.40 bits per heavy atom. The van der Waals surface area contributed by atoms with Gasteiger partial charge < -0.3 is 41.2 Å². The molecular formula is C40H55ClF3N5O11S2.